The molecule has 0 aliphatic rings. The second kappa shape index (κ2) is 8.39. The van der Waals surface area contributed by atoms with Crippen molar-refractivity contribution in [2.75, 3.05) is 13.9 Å². The second-order valence-corrected chi connectivity index (χ2v) is 5.39. The number of hydrogen-bond acceptors (Lipinski definition) is 6. The van der Waals surface area contributed by atoms with Gasteiger partial charge in [0.25, 0.3) is 0 Å². The highest BCUT2D eigenvalue weighted by atomic mass is 32.2. The van der Waals surface area contributed by atoms with E-state index in [9.17, 15) is 0 Å². The monoisotopic (exact) mass is 288 g/mol. The van der Waals surface area contributed by atoms with Crippen LogP contribution in [0.5, 0.6) is 5.75 Å². The average molecular weight is 288 g/mol. The molecule has 19 heavy (non-hydrogen) atoms. The van der Waals surface area contributed by atoms with Crippen LogP contribution in [0.4, 0.5) is 0 Å². The number of benzene rings is 1. The molecule has 1 aromatic rings. The number of hydrogen-bond donors (Lipinski definition) is 0. The van der Waals surface area contributed by atoms with E-state index in [-0.39, 0.29) is 12.4 Å². The summed E-state index contributed by atoms with van der Waals surface area (Å²) >= 11 is 1.15. The van der Waals surface area contributed by atoms with E-state index in [1.165, 1.54) is 7.11 Å². The maximum absolute atomic E-state index is 5.48. The van der Waals surface area contributed by atoms with Crippen LogP contribution in [-0.2, 0) is 24.7 Å². The van der Waals surface area contributed by atoms with Crippen LogP contribution in [0.1, 0.15) is 26.3 Å². The van der Waals surface area contributed by atoms with E-state index >= 15 is 0 Å². The van der Waals surface area contributed by atoms with Gasteiger partial charge < -0.3 is 9.47 Å². The van der Waals surface area contributed by atoms with Gasteiger partial charge in [0.2, 0.25) is 0 Å². The molecular formula is C13H20O5S. The van der Waals surface area contributed by atoms with Crippen LogP contribution in [0.3, 0.4) is 0 Å². The van der Waals surface area contributed by atoms with E-state index < -0.39 is 0 Å². The Hall–Kier alpha value is -0.790. The van der Waals surface area contributed by atoms with Crippen LogP contribution >= 0.6 is 12.0 Å². The molecule has 0 heterocycles. The first kappa shape index (κ1) is 16.3. The predicted octanol–water partition coefficient (Wildman–Crippen LogP) is 3.50. The van der Waals surface area contributed by atoms with Gasteiger partial charge in [-0.15, -0.1) is 4.33 Å². The topological polar surface area (TPSA) is 46.2 Å². The molecule has 0 aliphatic carbocycles. The van der Waals surface area contributed by atoms with Crippen LogP contribution < -0.4 is 4.74 Å². The Morgan fingerprint density at radius 3 is 2.37 bits per heavy atom. The van der Waals surface area contributed by atoms with Crippen molar-refractivity contribution in [2.24, 2.45) is 0 Å². The quantitative estimate of drug-likeness (QED) is 0.240. The summed E-state index contributed by atoms with van der Waals surface area (Å²) in [5.41, 5.74) is 0.892. The van der Waals surface area contributed by atoms with Crippen LogP contribution in [0.25, 0.3) is 0 Å². The van der Waals surface area contributed by atoms with Gasteiger partial charge in [0.05, 0.1) is 12.7 Å². The van der Waals surface area contributed by atoms with Crippen molar-refractivity contribution in [1.82, 2.24) is 0 Å². The van der Waals surface area contributed by atoms with Gasteiger partial charge in [0, 0.05) is 17.8 Å². The van der Waals surface area contributed by atoms with Gasteiger partial charge in [-0.1, -0.05) is 17.2 Å². The highest BCUT2D eigenvalue weighted by Gasteiger charge is 2.09. The molecule has 6 heteroatoms. The molecule has 0 N–H and O–H groups in total. The minimum absolute atomic E-state index is 0.199. The predicted molar refractivity (Wildman–Crippen MR) is 73.2 cm³/mol. The molecule has 0 amide bonds. The molecule has 0 atom stereocenters. The molecular weight excluding hydrogens is 268 g/mol. The summed E-state index contributed by atoms with van der Waals surface area (Å²) in [6.07, 6.45) is 0. The van der Waals surface area contributed by atoms with Crippen molar-refractivity contribution < 1.29 is 23.7 Å². The zero-order chi connectivity index (χ0) is 14.1. The largest absolute Gasteiger partial charge is 0.468 e. The molecule has 108 valence electrons. The molecule has 5 nitrogen and oxygen atoms in total. The van der Waals surface area contributed by atoms with E-state index in [1.807, 2.05) is 45.0 Å². The van der Waals surface area contributed by atoms with E-state index in [0.717, 1.165) is 23.4 Å². The first-order valence-electron chi connectivity index (χ1n) is 5.86. The smallest absolute Gasteiger partial charge is 0.189 e. The van der Waals surface area contributed by atoms with Crippen LogP contribution in [0, 0.1) is 0 Å². The summed E-state index contributed by atoms with van der Waals surface area (Å²) in [4.78, 5) is 4.29. The van der Waals surface area contributed by atoms with E-state index in [2.05, 4.69) is 14.3 Å². The summed E-state index contributed by atoms with van der Waals surface area (Å²) in [5.74, 6) is 1.43. The van der Waals surface area contributed by atoms with Gasteiger partial charge in [-0.3, -0.25) is 0 Å². The molecule has 0 aromatic heterocycles. The molecule has 1 rings (SSSR count). The summed E-state index contributed by atoms with van der Waals surface area (Å²) in [5, 5.41) is 4.29. The summed E-state index contributed by atoms with van der Waals surface area (Å²) < 4.78 is 15.6. The first-order valence-corrected chi connectivity index (χ1v) is 6.77. The zero-order valence-corrected chi connectivity index (χ0v) is 12.5. The van der Waals surface area contributed by atoms with Crippen molar-refractivity contribution in [3.05, 3.63) is 29.8 Å². The van der Waals surface area contributed by atoms with Gasteiger partial charge in [-0.25, -0.2) is 4.89 Å². The van der Waals surface area contributed by atoms with Gasteiger partial charge in [0.1, 0.15) is 5.75 Å². The molecule has 0 aliphatic heterocycles. The lowest BCUT2D eigenvalue weighted by molar-refractivity contribution is -0.447. The zero-order valence-electron chi connectivity index (χ0n) is 11.7. The third-order valence-corrected chi connectivity index (χ3v) is 2.61. The van der Waals surface area contributed by atoms with Gasteiger partial charge in [-0.2, -0.15) is 0 Å². The molecule has 1 aromatic carbocycles. The molecule has 0 saturated heterocycles. The van der Waals surface area contributed by atoms with E-state index in [4.69, 9.17) is 9.47 Å². The molecule has 0 unspecified atom stereocenters. The second-order valence-electron chi connectivity index (χ2n) is 4.73. The van der Waals surface area contributed by atoms with Gasteiger partial charge in [-0.05, 0) is 38.5 Å². The number of ether oxygens (including phenoxy) is 2. The first-order chi connectivity index (χ1) is 9.01. The van der Waals surface area contributed by atoms with Crippen LogP contribution in [0.2, 0.25) is 0 Å². The fourth-order valence-corrected chi connectivity index (χ4v) is 1.57. The van der Waals surface area contributed by atoms with Crippen molar-refractivity contribution in [3.8, 4) is 5.75 Å². The Bertz CT molecular complexity index is 347. The molecule has 0 fully saturated rings. The lowest BCUT2D eigenvalue weighted by Crippen LogP contribution is -2.22. The SMILES string of the molecule is COOOSCc1ccc(OCOC(C)(C)C)cc1. The third-order valence-electron chi connectivity index (χ3n) is 2.01. The number of rotatable bonds is 8. The van der Waals surface area contributed by atoms with E-state index in [0.29, 0.717) is 5.75 Å². The Balaban J connectivity index is 2.27. The Morgan fingerprint density at radius 2 is 1.79 bits per heavy atom. The standard InChI is InChI=1S/C13H20O5S/c1-13(2,3)16-10-15-12-7-5-11(6-8-12)9-19-18-17-14-4/h5-8H,9-10H2,1-4H3. The normalized spacial score (nSPS) is 11.6. The Kier molecular flexibility index (Phi) is 7.19. The van der Waals surface area contributed by atoms with Gasteiger partial charge in [0.15, 0.2) is 6.79 Å². The minimum atomic E-state index is -0.199. The molecule has 0 radical (unpaired) electrons. The minimum Gasteiger partial charge on any atom is -0.468 e. The highest BCUT2D eigenvalue weighted by molar-refractivity contribution is 7.93. The fourth-order valence-electron chi connectivity index (χ4n) is 1.10. The Morgan fingerprint density at radius 1 is 1.11 bits per heavy atom. The lowest BCUT2D eigenvalue weighted by Gasteiger charge is -2.19. The highest BCUT2D eigenvalue weighted by Crippen LogP contribution is 2.18. The summed E-state index contributed by atoms with van der Waals surface area (Å²) in [6, 6.07) is 7.68. The van der Waals surface area contributed by atoms with Crippen LogP contribution in [-0.4, -0.2) is 19.5 Å². The summed E-state index contributed by atoms with van der Waals surface area (Å²) in [6.45, 7) is 6.19. The molecule has 0 spiro atoms. The van der Waals surface area contributed by atoms with Crippen LogP contribution in [0.15, 0.2) is 24.3 Å². The van der Waals surface area contributed by atoms with Gasteiger partial charge >= 0.3 is 0 Å². The fraction of sp³-hybridized carbons (Fsp3) is 0.538. The lowest BCUT2D eigenvalue weighted by atomic mass is 10.2. The molecule has 0 saturated carbocycles. The average Bonchev–Trinajstić information content (AvgIpc) is 2.35. The third kappa shape index (κ3) is 8.07. The van der Waals surface area contributed by atoms with Crippen molar-refractivity contribution in [2.45, 2.75) is 32.1 Å². The molecule has 0 bridgehead atoms. The summed E-state index contributed by atoms with van der Waals surface area (Å²) in [7, 11) is 1.38. The maximum Gasteiger partial charge on any atom is 0.189 e. The van der Waals surface area contributed by atoms with Crippen molar-refractivity contribution >= 4 is 12.0 Å². The maximum atomic E-state index is 5.48. The van der Waals surface area contributed by atoms with Crippen molar-refractivity contribution in [3.63, 3.8) is 0 Å². The Labute approximate surface area is 118 Å². The van der Waals surface area contributed by atoms with E-state index in [1.54, 1.807) is 0 Å². The van der Waals surface area contributed by atoms with Crippen molar-refractivity contribution in [1.29, 1.82) is 0 Å².